The predicted octanol–water partition coefficient (Wildman–Crippen LogP) is 2.46. The van der Waals surface area contributed by atoms with Gasteiger partial charge in [0.05, 0.1) is 0 Å². The van der Waals surface area contributed by atoms with Crippen LogP contribution in [0.2, 0.25) is 0 Å². The molecule has 0 rings (SSSR count). The third-order valence-electron chi connectivity index (χ3n) is 0.801. The molecule has 0 aromatic rings. The first-order valence-electron chi connectivity index (χ1n) is 2.68. The monoisotopic (exact) mass is 141 g/mol. The summed E-state index contributed by atoms with van der Waals surface area (Å²) in [6.45, 7) is 1.90. The number of rotatable bonds is 3. The van der Waals surface area contributed by atoms with Crippen molar-refractivity contribution < 1.29 is 0 Å². The molecule has 2 heteroatoms. The van der Waals surface area contributed by atoms with Crippen molar-refractivity contribution in [2.45, 2.75) is 6.92 Å². The second kappa shape index (κ2) is 5.63. The van der Waals surface area contributed by atoms with Crippen molar-refractivity contribution in [1.29, 1.82) is 5.41 Å². The minimum Gasteiger partial charge on any atom is -0.308 e. The summed E-state index contributed by atoms with van der Waals surface area (Å²) in [5, 5.41) is 8.79. The lowest BCUT2D eigenvalue weighted by molar-refractivity contribution is 1.50. The van der Waals surface area contributed by atoms with Crippen LogP contribution in [0.3, 0.4) is 0 Å². The van der Waals surface area contributed by atoms with Gasteiger partial charge in [-0.15, -0.1) is 11.8 Å². The highest BCUT2D eigenvalue weighted by atomic mass is 32.2. The Morgan fingerprint density at radius 2 is 2.22 bits per heavy atom. The minimum absolute atomic E-state index is 0.973. The van der Waals surface area contributed by atoms with Crippen LogP contribution in [0, 0.1) is 5.41 Å². The summed E-state index contributed by atoms with van der Waals surface area (Å²) in [5.41, 5.74) is 0.973. The molecule has 0 aromatic carbocycles. The molecule has 0 aliphatic carbocycles. The molecule has 0 atom stereocenters. The molecule has 9 heavy (non-hydrogen) atoms. The molecule has 0 saturated carbocycles. The van der Waals surface area contributed by atoms with E-state index < -0.39 is 0 Å². The molecular weight excluding hydrogens is 130 g/mol. The van der Waals surface area contributed by atoms with E-state index in [1.807, 2.05) is 30.7 Å². The van der Waals surface area contributed by atoms with Gasteiger partial charge < -0.3 is 5.41 Å². The Labute approximate surface area is 60.4 Å². The van der Waals surface area contributed by atoms with Gasteiger partial charge in [0.1, 0.15) is 0 Å². The quantitative estimate of drug-likeness (QED) is 0.473. The summed E-state index contributed by atoms with van der Waals surface area (Å²) >= 11 is 1.65. The van der Waals surface area contributed by atoms with Crippen LogP contribution in [-0.2, 0) is 0 Å². The van der Waals surface area contributed by atoms with Crippen molar-refractivity contribution in [3.8, 4) is 0 Å². The van der Waals surface area contributed by atoms with Gasteiger partial charge in [-0.1, -0.05) is 12.2 Å². The molecule has 0 unspecified atom stereocenters. The second-order valence-electron chi connectivity index (χ2n) is 1.62. The first-order chi connectivity index (χ1) is 4.31. The second-order valence-corrected chi connectivity index (χ2v) is 2.36. The third-order valence-corrected chi connectivity index (χ3v) is 1.23. The van der Waals surface area contributed by atoms with Crippen LogP contribution in [0.1, 0.15) is 6.92 Å². The van der Waals surface area contributed by atoms with E-state index in [1.165, 1.54) is 6.21 Å². The standard InChI is InChI=1S/C7H11NS/c1-7(6-8)4-3-5-9-2/h3-6,8H,1-2H3/b5-3+,7-4-,8-6?. The molecule has 0 spiro atoms. The summed E-state index contributed by atoms with van der Waals surface area (Å²) in [5.74, 6) is 0. The van der Waals surface area contributed by atoms with Crippen LogP contribution in [0.5, 0.6) is 0 Å². The molecule has 0 fully saturated rings. The fourth-order valence-electron chi connectivity index (χ4n) is 0.318. The van der Waals surface area contributed by atoms with Crippen molar-refractivity contribution in [3.05, 3.63) is 23.1 Å². The lowest BCUT2D eigenvalue weighted by atomic mass is 10.3. The van der Waals surface area contributed by atoms with Gasteiger partial charge in [-0.05, 0) is 24.2 Å². The Morgan fingerprint density at radius 3 is 2.67 bits per heavy atom. The van der Waals surface area contributed by atoms with Crippen molar-refractivity contribution in [2.75, 3.05) is 6.26 Å². The molecule has 1 N–H and O–H groups in total. The van der Waals surface area contributed by atoms with Gasteiger partial charge in [0.2, 0.25) is 0 Å². The highest BCUT2D eigenvalue weighted by Gasteiger charge is 1.73. The number of hydrogen-bond donors (Lipinski definition) is 1. The highest BCUT2D eigenvalue weighted by molar-refractivity contribution is 8.01. The molecule has 0 saturated heterocycles. The summed E-state index contributed by atoms with van der Waals surface area (Å²) in [4.78, 5) is 0. The zero-order valence-electron chi connectivity index (χ0n) is 5.72. The molecule has 0 bridgehead atoms. The van der Waals surface area contributed by atoms with Crippen LogP contribution < -0.4 is 0 Å². The molecular formula is C7H11NS. The lowest BCUT2D eigenvalue weighted by Crippen LogP contribution is -1.70. The molecule has 50 valence electrons. The predicted molar refractivity (Wildman–Crippen MR) is 45.2 cm³/mol. The van der Waals surface area contributed by atoms with Gasteiger partial charge in [0, 0.05) is 6.21 Å². The molecule has 0 aliphatic rings. The molecule has 0 amide bonds. The van der Waals surface area contributed by atoms with E-state index in [2.05, 4.69) is 0 Å². The van der Waals surface area contributed by atoms with E-state index in [0.717, 1.165) is 5.57 Å². The van der Waals surface area contributed by atoms with Gasteiger partial charge in [-0.2, -0.15) is 0 Å². The largest absolute Gasteiger partial charge is 0.308 e. The Morgan fingerprint density at radius 1 is 1.56 bits per heavy atom. The van der Waals surface area contributed by atoms with Gasteiger partial charge in [-0.25, -0.2) is 0 Å². The average molecular weight is 141 g/mol. The van der Waals surface area contributed by atoms with Crippen LogP contribution in [0.15, 0.2) is 23.1 Å². The van der Waals surface area contributed by atoms with E-state index in [0.29, 0.717) is 0 Å². The number of allylic oxidation sites excluding steroid dienone is 3. The van der Waals surface area contributed by atoms with E-state index >= 15 is 0 Å². The van der Waals surface area contributed by atoms with Crippen LogP contribution in [0.4, 0.5) is 0 Å². The Bertz CT molecular complexity index is 136. The normalized spacial score (nSPS) is 12.4. The fraction of sp³-hybridized carbons (Fsp3) is 0.286. The summed E-state index contributed by atoms with van der Waals surface area (Å²) in [6.07, 6.45) is 7.18. The first kappa shape index (κ1) is 8.50. The van der Waals surface area contributed by atoms with Gasteiger partial charge in [-0.3, -0.25) is 0 Å². The zero-order valence-corrected chi connectivity index (χ0v) is 6.53. The number of thioether (sulfide) groups is 1. The maximum Gasteiger partial charge on any atom is 0.0207 e. The Hall–Kier alpha value is -0.500. The topological polar surface area (TPSA) is 23.9 Å². The third kappa shape index (κ3) is 5.37. The minimum atomic E-state index is 0.973. The van der Waals surface area contributed by atoms with Gasteiger partial charge in [0.25, 0.3) is 0 Å². The van der Waals surface area contributed by atoms with Crippen molar-refractivity contribution in [1.82, 2.24) is 0 Å². The SMILES string of the molecule is CS/C=C/C=C(/C)C=N. The molecule has 0 radical (unpaired) electrons. The molecule has 0 heterocycles. The van der Waals surface area contributed by atoms with E-state index in [9.17, 15) is 0 Å². The van der Waals surface area contributed by atoms with E-state index in [-0.39, 0.29) is 0 Å². The van der Waals surface area contributed by atoms with Gasteiger partial charge in [0.15, 0.2) is 0 Å². The zero-order chi connectivity index (χ0) is 7.11. The molecule has 1 nitrogen and oxygen atoms in total. The van der Waals surface area contributed by atoms with Gasteiger partial charge >= 0.3 is 0 Å². The summed E-state index contributed by atoms with van der Waals surface area (Å²) in [7, 11) is 0. The maximum absolute atomic E-state index is 6.81. The molecule has 0 aliphatic heterocycles. The van der Waals surface area contributed by atoms with Crippen LogP contribution in [-0.4, -0.2) is 12.5 Å². The fourth-order valence-corrected chi connectivity index (χ4v) is 0.553. The van der Waals surface area contributed by atoms with Crippen molar-refractivity contribution in [2.24, 2.45) is 0 Å². The van der Waals surface area contributed by atoms with Crippen molar-refractivity contribution in [3.63, 3.8) is 0 Å². The maximum atomic E-state index is 6.81. The lowest BCUT2D eigenvalue weighted by Gasteiger charge is -1.81. The molecule has 0 aromatic heterocycles. The summed E-state index contributed by atoms with van der Waals surface area (Å²) in [6, 6.07) is 0. The average Bonchev–Trinajstić information content (AvgIpc) is 1.89. The Balaban J connectivity index is 3.68. The van der Waals surface area contributed by atoms with Crippen LogP contribution >= 0.6 is 11.8 Å². The van der Waals surface area contributed by atoms with E-state index in [4.69, 9.17) is 5.41 Å². The number of nitrogens with one attached hydrogen (secondary N) is 1. The highest BCUT2D eigenvalue weighted by Crippen LogP contribution is 1.95. The smallest absolute Gasteiger partial charge is 0.0207 e. The van der Waals surface area contributed by atoms with Crippen molar-refractivity contribution >= 4 is 18.0 Å². The van der Waals surface area contributed by atoms with Crippen LogP contribution in [0.25, 0.3) is 0 Å². The van der Waals surface area contributed by atoms with E-state index in [1.54, 1.807) is 11.8 Å². The Kier molecular flexibility index (Phi) is 5.32. The first-order valence-corrected chi connectivity index (χ1v) is 3.96. The summed E-state index contributed by atoms with van der Waals surface area (Å²) < 4.78 is 0. The number of hydrogen-bond acceptors (Lipinski definition) is 2.